The molecule has 0 unspecified atom stereocenters. The standard InChI is InChI=1S/C15H24ClN5/c1-5-13-15(16)14(20(4)19-13)10-21-12(6-7-18-21)9-17-8-11(2)3/h6-7,11,17H,5,8-10H2,1-4H3. The normalized spacial score (nSPS) is 11.5. The van der Waals surface area contributed by atoms with Crippen LogP contribution in [0.4, 0.5) is 0 Å². The van der Waals surface area contributed by atoms with Gasteiger partial charge in [0.25, 0.3) is 0 Å². The summed E-state index contributed by atoms with van der Waals surface area (Å²) in [5.41, 5.74) is 3.11. The van der Waals surface area contributed by atoms with Crippen LogP contribution in [0.25, 0.3) is 0 Å². The molecule has 0 atom stereocenters. The molecule has 6 heteroatoms. The largest absolute Gasteiger partial charge is 0.311 e. The Bertz CT molecular complexity index is 585. The van der Waals surface area contributed by atoms with Crippen LogP contribution >= 0.6 is 11.6 Å². The molecular weight excluding hydrogens is 286 g/mol. The van der Waals surface area contributed by atoms with E-state index in [1.807, 2.05) is 28.7 Å². The lowest BCUT2D eigenvalue weighted by Gasteiger charge is -2.10. The average Bonchev–Trinajstić information content (AvgIpc) is 2.98. The Hall–Kier alpha value is -1.33. The van der Waals surface area contributed by atoms with E-state index in [1.165, 1.54) is 0 Å². The minimum absolute atomic E-state index is 0.639. The molecule has 0 aliphatic rings. The minimum atomic E-state index is 0.639. The number of rotatable bonds is 7. The third-order valence-electron chi connectivity index (χ3n) is 3.47. The highest BCUT2D eigenvalue weighted by Gasteiger charge is 2.14. The summed E-state index contributed by atoms with van der Waals surface area (Å²) in [6.07, 6.45) is 2.67. The molecule has 5 nitrogen and oxygen atoms in total. The summed E-state index contributed by atoms with van der Waals surface area (Å²) in [6, 6.07) is 2.04. The first kappa shape index (κ1) is 16.0. The number of nitrogens with one attached hydrogen (secondary N) is 1. The van der Waals surface area contributed by atoms with Crippen molar-refractivity contribution in [3.63, 3.8) is 0 Å². The maximum Gasteiger partial charge on any atom is 0.0869 e. The fourth-order valence-electron chi connectivity index (χ4n) is 2.27. The van der Waals surface area contributed by atoms with Gasteiger partial charge in [0, 0.05) is 19.8 Å². The van der Waals surface area contributed by atoms with Gasteiger partial charge < -0.3 is 5.32 Å². The quantitative estimate of drug-likeness (QED) is 0.855. The summed E-state index contributed by atoms with van der Waals surface area (Å²) in [6.45, 7) is 8.92. The summed E-state index contributed by atoms with van der Waals surface area (Å²) >= 11 is 6.40. The number of aromatic nitrogens is 4. The maximum atomic E-state index is 6.40. The molecule has 2 heterocycles. The van der Waals surface area contributed by atoms with E-state index in [9.17, 15) is 0 Å². The van der Waals surface area contributed by atoms with Crippen LogP contribution in [0.5, 0.6) is 0 Å². The maximum absolute atomic E-state index is 6.40. The van der Waals surface area contributed by atoms with Crippen molar-refractivity contribution in [1.29, 1.82) is 0 Å². The Morgan fingerprint density at radius 1 is 1.38 bits per heavy atom. The summed E-state index contributed by atoms with van der Waals surface area (Å²) in [4.78, 5) is 0. The van der Waals surface area contributed by atoms with Gasteiger partial charge in [-0.15, -0.1) is 0 Å². The first-order valence-corrected chi connectivity index (χ1v) is 7.82. The van der Waals surface area contributed by atoms with Crippen LogP contribution in [0.15, 0.2) is 12.3 Å². The van der Waals surface area contributed by atoms with Crippen molar-refractivity contribution < 1.29 is 0 Å². The van der Waals surface area contributed by atoms with Crippen LogP contribution in [0.2, 0.25) is 5.02 Å². The lowest BCUT2D eigenvalue weighted by Crippen LogP contribution is -2.21. The number of hydrogen-bond donors (Lipinski definition) is 1. The van der Waals surface area contributed by atoms with Gasteiger partial charge in [-0.05, 0) is 24.9 Å². The Balaban J connectivity index is 2.10. The van der Waals surface area contributed by atoms with E-state index in [2.05, 4.69) is 36.3 Å². The number of aryl methyl sites for hydroxylation is 2. The zero-order valence-corrected chi connectivity index (χ0v) is 14.0. The molecule has 2 aromatic rings. The molecule has 0 bridgehead atoms. The van der Waals surface area contributed by atoms with E-state index in [-0.39, 0.29) is 0 Å². The summed E-state index contributed by atoms with van der Waals surface area (Å²) in [5, 5.41) is 13.1. The van der Waals surface area contributed by atoms with Crippen molar-refractivity contribution in [2.45, 2.75) is 40.3 Å². The van der Waals surface area contributed by atoms with E-state index in [0.717, 1.165) is 41.6 Å². The molecule has 0 spiro atoms. The number of hydrogen-bond acceptors (Lipinski definition) is 3. The first-order valence-electron chi connectivity index (χ1n) is 7.44. The predicted octanol–water partition coefficient (Wildman–Crippen LogP) is 2.63. The lowest BCUT2D eigenvalue weighted by atomic mass is 10.2. The van der Waals surface area contributed by atoms with Crippen molar-refractivity contribution in [1.82, 2.24) is 24.9 Å². The molecule has 2 aromatic heterocycles. The van der Waals surface area contributed by atoms with E-state index in [4.69, 9.17) is 11.6 Å². The zero-order chi connectivity index (χ0) is 15.4. The van der Waals surface area contributed by atoms with Gasteiger partial charge in [-0.3, -0.25) is 9.36 Å². The van der Waals surface area contributed by atoms with Crippen molar-refractivity contribution >= 4 is 11.6 Å². The van der Waals surface area contributed by atoms with Crippen LogP contribution in [-0.4, -0.2) is 26.1 Å². The van der Waals surface area contributed by atoms with Crippen LogP contribution in [0.1, 0.15) is 37.9 Å². The minimum Gasteiger partial charge on any atom is -0.311 e. The zero-order valence-electron chi connectivity index (χ0n) is 13.2. The van der Waals surface area contributed by atoms with E-state index >= 15 is 0 Å². The molecule has 0 aromatic carbocycles. The molecule has 0 saturated carbocycles. The molecular formula is C15H24ClN5. The third kappa shape index (κ3) is 3.86. The Kier molecular flexibility index (Phi) is 5.42. The van der Waals surface area contributed by atoms with E-state index < -0.39 is 0 Å². The van der Waals surface area contributed by atoms with Crippen LogP contribution in [0, 0.1) is 5.92 Å². The van der Waals surface area contributed by atoms with Gasteiger partial charge in [0.05, 0.1) is 28.6 Å². The van der Waals surface area contributed by atoms with Crippen molar-refractivity contribution in [2.75, 3.05) is 6.54 Å². The second-order valence-corrected chi connectivity index (χ2v) is 6.07. The van der Waals surface area contributed by atoms with Crippen molar-refractivity contribution in [2.24, 2.45) is 13.0 Å². The molecule has 0 aliphatic carbocycles. The fourth-order valence-corrected chi connectivity index (χ4v) is 2.63. The molecule has 0 saturated heterocycles. The van der Waals surface area contributed by atoms with Crippen molar-refractivity contribution in [3.8, 4) is 0 Å². The molecule has 2 rings (SSSR count). The Labute approximate surface area is 131 Å². The predicted molar refractivity (Wildman–Crippen MR) is 85.5 cm³/mol. The highest BCUT2D eigenvalue weighted by molar-refractivity contribution is 6.31. The Morgan fingerprint density at radius 3 is 2.76 bits per heavy atom. The fraction of sp³-hybridized carbons (Fsp3) is 0.600. The van der Waals surface area contributed by atoms with Gasteiger partial charge in [0.15, 0.2) is 0 Å². The Morgan fingerprint density at radius 2 is 2.14 bits per heavy atom. The summed E-state index contributed by atoms with van der Waals surface area (Å²) < 4.78 is 3.84. The van der Waals surface area contributed by atoms with Crippen LogP contribution in [0.3, 0.4) is 0 Å². The molecule has 0 amide bonds. The van der Waals surface area contributed by atoms with Gasteiger partial charge in [-0.25, -0.2) is 0 Å². The van der Waals surface area contributed by atoms with Gasteiger partial charge in [-0.2, -0.15) is 10.2 Å². The van der Waals surface area contributed by atoms with E-state index in [1.54, 1.807) is 0 Å². The monoisotopic (exact) mass is 309 g/mol. The summed E-state index contributed by atoms with van der Waals surface area (Å²) in [7, 11) is 1.93. The van der Waals surface area contributed by atoms with Crippen LogP contribution < -0.4 is 5.32 Å². The lowest BCUT2D eigenvalue weighted by molar-refractivity contribution is 0.523. The van der Waals surface area contributed by atoms with Gasteiger partial charge in [0.2, 0.25) is 0 Å². The molecule has 0 fully saturated rings. The van der Waals surface area contributed by atoms with Gasteiger partial charge in [0.1, 0.15) is 0 Å². The second kappa shape index (κ2) is 7.09. The van der Waals surface area contributed by atoms with Gasteiger partial charge in [-0.1, -0.05) is 32.4 Å². The van der Waals surface area contributed by atoms with Gasteiger partial charge >= 0.3 is 0 Å². The highest BCUT2D eigenvalue weighted by atomic mass is 35.5. The SMILES string of the molecule is CCc1nn(C)c(Cn2nccc2CNCC(C)C)c1Cl. The molecule has 1 N–H and O–H groups in total. The van der Waals surface area contributed by atoms with Crippen LogP contribution in [-0.2, 0) is 26.6 Å². The second-order valence-electron chi connectivity index (χ2n) is 5.69. The molecule has 0 aliphatic heterocycles. The molecule has 116 valence electrons. The topological polar surface area (TPSA) is 47.7 Å². The molecule has 0 radical (unpaired) electrons. The van der Waals surface area contributed by atoms with E-state index in [0.29, 0.717) is 12.5 Å². The molecule has 21 heavy (non-hydrogen) atoms. The number of nitrogens with zero attached hydrogens (tertiary/aromatic N) is 4. The summed E-state index contributed by atoms with van der Waals surface area (Å²) in [5.74, 6) is 0.639. The first-order chi connectivity index (χ1) is 10.0. The highest BCUT2D eigenvalue weighted by Crippen LogP contribution is 2.21. The number of halogens is 1. The smallest absolute Gasteiger partial charge is 0.0869 e. The average molecular weight is 310 g/mol. The third-order valence-corrected chi connectivity index (χ3v) is 3.90. The van der Waals surface area contributed by atoms with Crippen molar-refractivity contribution in [3.05, 3.63) is 34.4 Å².